The highest BCUT2D eigenvalue weighted by Gasteiger charge is 2.24. The normalized spacial score (nSPS) is 14.8. The lowest BCUT2D eigenvalue weighted by atomic mass is 10.1. The molecule has 1 amide bonds. The molecule has 5 nitrogen and oxygen atoms in total. The molecule has 1 saturated heterocycles. The van der Waals surface area contributed by atoms with Gasteiger partial charge < -0.3 is 9.30 Å². The summed E-state index contributed by atoms with van der Waals surface area (Å²) in [6.45, 7) is 3.98. The lowest BCUT2D eigenvalue weighted by Crippen LogP contribution is -2.48. The fraction of sp³-hybridized carbons (Fsp3) is 0.200. The molecule has 4 aromatic rings. The van der Waals surface area contributed by atoms with Crippen LogP contribution in [0.15, 0.2) is 79.1 Å². The number of fused-ring (bicyclic) bond motifs is 1. The monoisotopic (exact) mass is 414 g/mol. The molecule has 1 fully saturated rings. The first-order valence-corrected chi connectivity index (χ1v) is 10.5. The molecule has 3 heterocycles. The number of carbonyl (C=O) groups excluding carboxylic acids is 1. The van der Waals surface area contributed by atoms with E-state index in [1.165, 1.54) is 17.7 Å². The minimum atomic E-state index is -0.283. The molecule has 2 aromatic carbocycles. The molecule has 1 aliphatic rings. The summed E-state index contributed by atoms with van der Waals surface area (Å²) in [5.41, 5.74) is 4.04. The molecule has 0 unspecified atom stereocenters. The van der Waals surface area contributed by atoms with Crippen molar-refractivity contribution in [3.63, 3.8) is 0 Å². The van der Waals surface area contributed by atoms with Crippen LogP contribution in [0.4, 0.5) is 4.39 Å². The van der Waals surface area contributed by atoms with Crippen molar-refractivity contribution < 1.29 is 9.18 Å². The Morgan fingerprint density at radius 2 is 1.65 bits per heavy atom. The Morgan fingerprint density at radius 1 is 0.903 bits per heavy atom. The molecule has 156 valence electrons. The van der Waals surface area contributed by atoms with Gasteiger partial charge in [-0.15, -0.1) is 0 Å². The summed E-state index contributed by atoms with van der Waals surface area (Å²) >= 11 is 0. The predicted molar refractivity (Wildman–Crippen MR) is 118 cm³/mol. The van der Waals surface area contributed by atoms with Gasteiger partial charge in [-0.1, -0.05) is 30.3 Å². The van der Waals surface area contributed by atoms with Crippen molar-refractivity contribution in [1.82, 2.24) is 19.2 Å². The number of amides is 1. The van der Waals surface area contributed by atoms with E-state index < -0.39 is 0 Å². The van der Waals surface area contributed by atoms with Crippen LogP contribution < -0.4 is 0 Å². The van der Waals surface area contributed by atoms with Gasteiger partial charge in [0, 0.05) is 50.7 Å². The van der Waals surface area contributed by atoms with Crippen molar-refractivity contribution in [2.75, 3.05) is 26.2 Å². The molecule has 0 saturated carbocycles. The summed E-state index contributed by atoms with van der Waals surface area (Å²) in [7, 11) is 0. The quantitative estimate of drug-likeness (QED) is 0.505. The molecule has 0 radical (unpaired) electrons. The second-order valence-corrected chi connectivity index (χ2v) is 7.84. The van der Waals surface area contributed by atoms with E-state index in [0.717, 1.165) is 25.2 Å². The highest BCUT2D eigenvalue weighted by molar-refractivity contribution is 6.00. The third-order valence-electron chi connectivity index (χ3n) is 5.76. The topological polar surface area (TPSA) is 40.9 Å². The number of benzene rings is 2. The van der Waals surface area contributed by atoms with Crippen LogP contribution in [0.1, 0.15) is 15.9 Å². The van der Waals surface area contributed by atoms with Gasteiger partial charge in [0.25, 0.3) is 5.91 Å². The number of aromatic nitrogens is 2. The van der Waals surface area contributed by atoms with Crippen LogP contribution in [0.25, 0.3) is 16.9 Å². The van der Waals surface area contributed by atoms with Gasteiger partial charge in [0.05, 0.1) is 11.3 Å². The molecule has 1 aliphatic heterocycles. The Hall–Kier alpha value is -3.51. The minimum Gasteiger partial charge on any atom is -0.336 e. The number of carbonyl (C=O) groups is 1. The van der Waals surface area contributed by atoms with Crippen molar-refractivity contribution >= 4 is 11.6 Å². The van der Waals surface area contributed by atoms with Gasteiger partial charge in [-0.3, -0.25) is 9.69 Å². The van der Waals surface area contributed by atoms with Crippen LogP contribution in [0.3, 0.4) is 0 Å². The molecule has 0 atom stereocenters. The summed E-state index contributed by atoms with van der Waals surface area (Å²) in [5.74, 6) is -0.281. The lowest BCUT2D eigenvalue weighted by Gasteiger charge is -2.34. The maximum atomic E-state index is 13.3. The van der Waals surface area contributed by atoms with E-state index in [2.05, 4.69) is 34.1 Å². The molecule has 2 aromatic heterocycles. The number of imidazole rings is 1. The van der Waals surface area contributed by atoms with E-state index in [1.54, 1.807) is 12.1 Å². The van der Waals surface area contributed by atoms with Crippen molar-refractivity contribution in [2.45, 2.75) is 6.54 Å². The number of rotatable bonds is 4. The number of nitrogens with zero attached hydrogens (tertiary/aromatic N) is 4. The molecular formula is C25H23FN4O. The number of piperazine rings is 1. The largest absolute Gasteiger partial charge is 0.336 e. The van der Waals surface area contributed by atoms with Crippen LogP contribution >= 0.6 is 0 Å². The van der Waals surface area contributed by atoms with Crippen molar-refractivity contribution in [3.8, 4) is 11.3 Å². The summed E-state index contributed by atoms with van der Waals surface area (Å²) in [5, 5.41) is 0. The second-order valence-electron chi connectivity index (χ2n) is 7.84. The molecule has 5 rings (SSSR count). The van der Waals surface area contributed by atoms with Crippen LogP contribution in [0.5, 0.6) is 0 Å². The minimum absolute atomic E-state index is 0.00113. The second kappa shape index (κ2) is 8.32. The lowest BCUT2D eigenvalue weighted by molar-refractivity contribution is 0.0630. The predicted octanol–water partition coefficient (Wildman–Crippen LogP) is 4.10. The maximum Gasteiger partial charge on any atom is 0.257 e. The Morgan fingerprint density at radius 3 is 2.39 bits per heavy atom. The van der Waals surface area contributed by atoms with Gasteiger partial charge in [-0.25, -0.2) is 9.37 Å². The fourth-order valence-corrected chi connectivity index (χ4v) is 4.06. The first-order valence-electron chi connectivity index (χ1n) is 10.5. The zero-order valence-electron chi connectivity index (χ0n) is 17.1. The van der Waals surface area contributed by atoms with Crippen molar-refractivity contribution in [1.29, 1.82) is 0 Å². The molecule has 0 aliphatic carbocycles. The molecular weight excluding hydrogens is 391 g/mol. The van der Waals surface area contributed by atoms with Crippen LogP contribution in [-0.2, 0) is 6.54 Å². The van der Waals surface area contributed by atoms with E-state index in [-0.39, 0.29) is 11.7 Å². The zero-order chi connectivity index (χ0) is 21.2. The van der Waals surface area contributed by atoms with Crippen molar-refractivity contribution in [3.05, 3.63) is 96.1 Å². The standard InChI is InChI=1S/C25H23FN4O/c26-21-10-8-20(9-11-21)23-18-30-12-4-7-22(24(30)27-23)25(31)29-15-13-28(14-16-29)17-19-5-2-1-3-6-19/h1-12,18H,13-17H2. The Bertz CT molecular complexity index is 1200. The molecule has 31 heavy (non-hydrogen) atoms. The Balaban J connectivity index is 1.32. The van der Waals surface area contributed by atoms with Crippen molar-refractivity contribution in [2.24, 2.45) is 0 Å². The molecule has 0 spiro atoms. The van der Waals surface area contributed by atoms with E-state index in [1.807, 2.05) is 39.9 Å². The highest BCUT2D eigenvalue weighted by atomic mass is 19.1. The van der Waals surface area contributed by atoms with Crippen LogP contribution in [0, 0.1) is 5.82 Å². The third-order valence-corrected chi connectivity index (χ3v) is 5.76. The smallest absolute Gasteiger partial charge is 0.257 e. The maximum absolute atomic E-state index is 13.3. The van der Waals surface area contributed by atoms with Gasteiger partial charge in [-0.05, 0) is 42.0 Å². The van der Waals surface area contributed by atoms with Gasteiger partial charge in [0.15, 0.2) is 0 Å². The first kappa shape index (κ1) is 19.5. The van der Waals surface area contributed by atoms with E-state index in [9.17, 15) is 9.18 Å². The summed E-state index contributed by atoms with van der Waals surface area (Å²) < 4.78 is 15.1. The van der Waals surface area contributed by atoms with Gasteiger partial charge >= 0.3 is 0 Å². The Kier molecular flexibility index (Phi) is 5.22. The number of hydrogen-bond acceptors (Lipinski definition) is 3. The van der Waals surface area contributed by atoms with E-state index in [4.69, 9.17) is 0 Å². The summed E-state index contributed by atoms with van der Waals surface area (Å²) in [6, 6.07) is 20.3. The van der Waals surface area contributed by atoms with Gasteiger partial charge in [-0.2, -0.15) is 0 Å². The SMILES string of the molecule is O=C(c1cccn2cc(-c3ccc(F)cc3)nc12)N1CCN(Cc2ccccc2)CC1. The van der Waals surface area contributed by atoms with Crippen LogP contribution in [0.2, 0.25) is 0 Å². The van der Waals surface area contributed by atoms with Gasteiger partial charge in [0.1, 0.15) is 11.5 Å². The highest BCUT2D eigenvalue weighted by Crippen LogP contribution is 2.22. The molecule has 6 heteroatoms. The van der Waals surface area contributed by atoms with E-state index in [0.29, 0.717) is 30.0 Å². The van der Waals surface area contributed by atoms with Gasteiger partial charge in [0.2, 0.25) is 0 Å². The Labute approximate surface area is 180 Å². The average molecular weight is 414 g/mol. The number of hydrogen-bond donors (Lipinski definition) is 0. The third kappa shape index (κ3) is 4.07. The van der Waals surface area contributed by atoms with E-state index >= 15 is 0 Å². The average Bonchev–Trinajstić information content (AvgIpc) is 3.25. The molecule has 0 N–H and O–H groups in total. The first-order chi connectivity index (χ1) is 15.2. The van der Waals surface area contributed by atoms with Crippen LogP contribution in [-0.4, -0.2) is 51.3 Å². The number of halogens is 1. The molecule has 0 bridgehead atoms. The summed E-state index contributed by atoms with van der Waals surface area (Å²) in [6.07, 6.45) is 3.75. The summed E-state index contributed by atoms with van der Waals surface area (Å²) in [4.78, 5) is 22.2. The number of pyridine rings is 1. The zero-order valence-corrected chi connectivity index (χ0v) is 17.1. The fourth-order valence-electron chi connectivity index (χ4n) is 4.06.